The van der Waals surface area contributed by atoms with Crippen LogP contribution in [0, 0.1) is 23.0 Å². The molecule has 0 bridgehead atoms. The van der Waals surface area contributed by atoms with Gasteiger partial charge in [-0.1, -0.05) is 12.1 Å². The Labute approximate surface area is 172 Å². The van der Waals surface area contributed by atoms with Gasteiger partial charge < -0.3 is 14.5 Å². The second-order valence-corrected chi connectivity index (χ2v) is 8.06. The molecule has 4 heterocycles. The average Bonchev–Trinajstić information content (AvgIpc) is 3.27. The molecule has 2 atom stereocenters. The van der Waals surface area contributed by atoms with Crippen LogP contribution >= 0.6 is 0 Å². The van der Waals surface area contributed by atoms with Crippen molar-refractivity contribution in [1.82, 2.24) is 9.88 Å². The SMILES string of the molecule is N#Cc1cnc(N2CCC3(CC2)OC2CCC(c4cccc(F)c4)N2C3=O)c(F)c1. The molecule has 2 unspecified atom stereocenters. The van der Waals surface area contributed by atoms with Gasteiger partial charge in [0.05, 0.1) is 11.6 Å². The smallest absolute Gasteiger partial charge is 0.257 e. The zero-order valence-corrected chi connectivity index (χ0v) is 16.2. The Hall–Kier alpha value is -3.05. The maximum atomic E-state index is 14.3. The van der Waals surface area contributed by atoms with Gasteiger partial charge in [-0.25, -0.2) is 13.8 Å². The van der Waals surface area contributed by atoms with Crippen LogP contribution in [0.2, 0.25) is 0 Å². The lowest BCUT2D eigenvalue weighted by Gasteiger charge is -2.38. The van der Waals surface area contributed by atoms with Gasteiger partial charge in [-0.2, -0.15) is 5.26 Å². The first-order chi connectivity index (χ1) is 14.5. The van der Waals surface area contributed by atoms with Gasteiger partial charge in [-0.3, -0.25) is 4.79 Å². The van der Waals surface area contributed by atoms with Crippen molar-refractivity contribution in [2.45, 2.75) is 43.6 Å². The van der Waals surface area contributed by atoms with E-state index in [1.165, 1.54) is 24.4 Å². The molecule has 3 saturated heterocycles. The molecule has 1 amide bonds. The fourth-order valence-electron chi connectivity index (χ4n) is 4.89. The summed E-state index contributed by atoms with van der Waals surface area (Å²) in [5.41, 5.74) is 0.0341. The predicted molar refractivity (Wildman–Crippen MR) is 103 cm³/mol. The van der Waals surface area contributed by atoms with E-state index in [1.54, 1.807) is 15.9 Å². The summed E-state index contributed by atoms with van der Waals surface area (Å²) in [6, 6.07) is 9.23. The molecule has 30 heavy (non-hydrogen) atoms. The highest BCUT2D eigenvalue weighted by Gasteiger charge is 2.58. The molecule has 0 aliphatic carbocycles. The van der Waals surface area contributed by atoms with Gasteiger partial charge in [0.2, 0.25) is 0 Å². The largest absolute Gasteiger partial charge is 0.354 e. The van der Waals surface area contributed by atoms with E-state index in [-0.39, 0.29) is 35.4 Å². The Morgan fingerprint density at radius 2 is 2.00 bits per heavy atom. The summed E-state index contributed by atoms with van der Waals surface area (Å²) in [5, 5.41) is 8.88. The predicted octanol–water partition coefficient (Wildman–Crippen LogP) is 3.29. The van der Waals surface area contributed by atoms with Gasteiger partial charge in [0.1, 0.15) is 18.1 Å². The molecular weight excluding hydrogens is 390 g/mol. The zero-order valence-electron chi connectivity index (χ0n) is 16.2. The summed E-state index contributed by atoms with van der Waals surface area (Å²) >= 11 is 0. The normalized spacial score (nSPS) is 24.9. The highest BCUT2D eigenvalue weighted by Crippen LogP contribution is 2.47. The third-order valence-electron chi connectivity index (χ3n) is 6.37. The molecule has 2 aromatic rings. The summed E-state index contributed by atoms with van der Waals surface area (Å²) in [6.45, 7) is 0.847. The molecule has 1 spiro atoms. The summed E-state index contributed by atoms with van der Waals surface area (Å²) in [7, 11) is 0. The fraction of sp³-hybridized carbons (Fsp3) is 0.409. The number of hydrogen-bond acceptors (Lipinski definition) is 5. The van der Waals surface area contributed by atoms with Crippen LogP contribution in [0.1, 0.15) is 42.9 Å². The molecular formula is C22H20F2N4O2. The number of carbonyl (C=O) groups excluding carboxylic acids is 1. The van der Waals surface area contributed by atoms with Crippen LogP contribution in [-0.2, 0) is 9.53 Å². The van der Waals surface area contributed by atoms with E-state index in [4.69, 9.17) is 10.00 Å². The third-order valence-corrected chi connectivity index (χ3v) is 6.37. The number of nitrogens with zero attached hydrogens (tertiary/aromatic N) is 4. The second-order valence-electron chi connectivity index (χ2n) is 8.06. The van der Waals surface area contributed by atoms with Crippen molar-refractivity contribution < 1.29 is 18.3 Å². The minimum Gasteiger partial charge on any atom is -0.354 e. The van der Waals surface area contributed by atoms with E-state index in [0.29, 0.717) is 32.4 Å². The van der Waals surface area contributed by atoms with Gasteiger partial charge in [0.25, 0.3) is 5.91 Å². The Morgan fingerprint density at radius 1 is 1.20 bits per heavy atom. The Bertz CT molecular complexity index is 1050. The number of pyridine rings is 1. The fourth-order valence-corrected chi connectivity index (χ4v) is 4.89. The quantitative estimate of drug-likeness (QED) is 0.760. The number of hydrogen-bond donors (Lipinski definition) is 0. The third kappa shape index (κ3) is 2.92. The number of amides is 1. The van der Waals surface area contributed by atoms with Crippen molar-refractivity contribution in [2.24, 2.45) is 0 Å². The van der Waals surface area contributed by atoms with Crippen molar-refractivity contribution in [2.75, 3.05) is 18.0 Å². The highest BCUT2D eigenvalue weighted by atomic mass is 19.1. The Morgan fingerprint density at radius 3 is 2.70 bits per heavy atom. The summed E-state index contributed by atoms with van der Waals surface area (Å²) < 4.78 is 34.3. The van der Waals surface area contributed by atoms with Crippen molar-refractivity contribution in [3.63, 3.8) is 0 Å². The van der Waals surface area contributed by atoms with Gasteiger partial charge in [-0.15, -0.1) is 0 Å². The van der Waals surface area contributed by atoms with Gasteiger partial charge >= 0.3 is 0 Å². The molecule has 1 aromatic heterocycles. The zero-order chi connectivity index (χ0) is 20.9. The van der Waals surface area contributed by atoms with Crippen LogP contribution in [0.3, 0.4) is 0 Å². The lowest BCUT2D eigenvalue weighted by molar-refractivity contribution is -0.140. The van der Waals surface area contributed by atoms with Crippen molar-refractivity contribution >= 4 is 11.7 Å². The van der Waals surface area contributed by atoms with E-state index < -0.39 is 11.4 Å². The van der Waals surface area contributed by atoms with Crippen molar-refractivity contribution in [3.05, 3.63) is 59.3 Å². The average molecular weight is 410 g/mol. The minimum absolute atomic E-state index is 0.0628. The topological polar surface area (TPSA) is 69.5 Å². The molecule has 0 radical (unpaired) electrons. The monoisotopic (exact) mass is 410 g/mol. The first-order valence-corrected chi connectivity index (χ1v) is 10.1. The first-order valence-electron chi connectivity index (χ1n) is 10.1. The van der Waals surface area contributed by atoms with Gasteiger partial charge in [0, 0.05) is 32.1 Å². The number of ether oxygens (including phenoxy) is 1. The maximum Gasteiger partial charge on any atom is 0.257 e. The van der Waals surface area contributed by atoms with E-state index >= 15 is 0 Å². The molecule has 1 aromatic carbocycles. The molecule has 8 heteroatoms. The van der Waals surface area contributed by atoms with Crippen LogP contribution in [0.15, 0.2) is 36.5 Å². The van der Waals surface area contributed by atoms with E-state index in [9.17, 15) is 13.6 Å². The molecule has 5 rings (SSSR count). The standard InChI is InChI=1S/C22H20F2N4O2/c23-16-3-1-2-15(11-16)18-4-5-19-28(18)21(29)22(30-19)6-8-27(9-7-22)20-17(24)10-14(12-25)13-26-20/h1-3,10-11,13,18-19H,4-9H2. The molecule has 3 aliphatic heterocycles. The first kappa shape index (κ1) is 18.9. The maximum absolute atomic E-state index is 14.3. The van der Waals surface area contributed by atoms with E-state index in [0.717, 1.165) is 12.0 Å². The molecule has 154 valence electrons. The molecule has 3 fully saturated rings. The van der Waals surface area contributed by atoms with Crippen LogP contribution in [-0.4, -0.2) is 40.7 Å². The summed E-state index contributed by atoms with van der Waals surface area (Å²) in [6.07, 6.45) is 3.35. The van der Waals surface area contributed by atoms with Crippen LogP contribution < -0.4 is 4.90 Å². The van der Waals surface area contributed by atoms with E-state index in [1.807, 2.05) is 12.1 Å². The van der Waals surface area contributed by atoms with Crippen molar-refractivity contribution in [3.8, 4) is 6.07 Å². The number of nitriles is 1. The molecule has 6 nitrogen and oxygen atoms in total. The lowest BCUT2D eigenvalue weighted by Crippen LogP contribution is -2.50. The summed E-state index contributed by atoms with van der Waals surface area (Å²) in [5.74, 6) is -0.737. The van der Waals surface area contributed by atoms with Gasteiger partial charge in [-0.05, 0) is 36.6 Å². The van der Waals surface area contributed by atoms with E-state index in [2.05, 4.69) is 4.98 Å². The number of anilines is 1. The van der Waals surface area contributed by atoms with Crippen LogP contribution in [0.4, 0.5) is 14.6 Å². The highest BCUT2D eigenvalue weighted by molar-refractivity contribution is 5.88. The van der Waals surface area contributed by atoms with Crippen LogP contribution in [0.5, 0.6) is 0 Å². The number of rotatable bonds is 2. The Kier molecular flexibility index (Phi) is 4.44. The number of halogens is 2. The Balaban J connectivity index is 1.33. The number of aromatic nitrogens is 1. The second kappa shape index (κ2) is 7.03. The molecule has 0 saturated carbocycles. The molecule has 3 aliphatic rings. The summed E-state index contributed by atoms with van der Waals surface area (Å²) in [4.78, 5) is 21.0. The number of carbonyl (C=O) groups is 1. The number of fused-ring (bicyclic) bond motifs is 1. The van der Waals surface area contributed by atoms with Gasteiger partial charge in [0.15, 0.2) is 17.2 Å². The molecule has 0 N–H and O–H groups in total. The minimum atomic E-state index is -0.920. The lowest BCUT2D eigenvalue weighted by atomic mass is 9.89. The van der Waals surface area contributed by atoms with Crippen molar-refractivity contribution in [1.29, 1.82) is 5.26 Å². The number of piperidine rings is 1. The number of benzene rings is 1. The van der Waals surface area contributed by atoms with Crippen LogP contribution in [0.25, 0.3) is 0 Å².